The summed E-state index contributed by atoms with van der Waals surface area (Å²) < 4.78 is 0. The van der Waals surface area contributed by atoms with Crippen LogP contribution in [0.1, 0.15) is 22.3 Å². The maximum Gasteiger partial charge on any atom is 0.253 e. The third kappa shape index (κ3) is 4.25. The fourth-order valence-electron chi connectivity index (χ4n) is 4.16. The minimum absolute atomic E-state index is 0.0226. The zero-order chi connectivity index (χ0) is 20.2. The summed E-state index contributed by atoms with van der Waals surface area (Å²) in [6, 6.07) is 18.3. The Morgan fingerprint density at radius 3 is 2.76 bits per heavy atom. The van der Waals surface area contributed by atoms with Crippen LogP contribution >= 0.6 is 0 Å². The average Bonchev–Trinajstić information content (AvgIpc) is 3.22. The maximum absolute atomic E-state index is 12.3. The highest BCUT2D eigenvalue weighted by molar-refractivity contribution is 5.94. The van der Waals surface area contributed by atoms with Gasteiger partial charge < -0.3 is 14.9 Å². The molecule has 1 N–H and O–H groups in total. The fraction of sp³-hybridized carbons (Fsp3) is 0.333. The van der Waals surface area contributed by atoms with Crippen molar-refractivity contribution < 1.29 is 9.90 Å². The lowest BCUT2D eigenvalue weighted by Gasteiger charge is -2.20. The Bertz CT molecular complexity index is 982. The van der Waals surface area contributed by atoms with Gasteiger partial charge in [-0.1, -0.05) is 30.3 Å². The lowest BCUT2D eigenvalue weighted by atomic mass is 9.97. The molecule has 150 valence electrons. The zero-order valence-electron chi connectivity index (χ0n) is 16.8. The predicted molar refractivity (Wildman–Crippen MR) is 116 cm³/mol. The van der Waals surface area contributed by atoms with E-state index in [2.05, 4.69) is 46.3 Å². The molecule has 0 aliphatic carbocycles. The molecule has 0 saturated carbocycles. The van der Waals surface area contributed by atoms with Crippen molar-refractivity contribution in [1.29, 1.82) is 0 Å². The van der Waals surface area contributed by atoms with Crippen LogP contribution in [0.4, 0.5) is 5.69 Å². The van der Waals surface area contributed by atoms with Crippen LogP contribution in [-0.4, -0.2) is 54.2 Å². The number of pyridine rings is 1. The van der Waals surface area contributed by atoms with Crippen molar-refractivity contribution in [3.8, 4) is 0 Å². The van der Waals surface area contributed by atoms with Crippen LogP contribution in [0.25, 0.3) is 10.9 Å². The molecule has 5 heteroatoms. The molecule has 1 saturated heterocycles. The number of fused-ring (bicyclic) bond motifs is 1. The number of hydrogen-bond acceptors (Lipinski definition) is 4. The number of aromatic nitrogens is 1. The van der Waals surface area contributed by atoms with Crippen LogP contribution < -0.4 is 4.90 Å². The Kier molecular flexibility index (Phi) is 5.76. The van der Waals surface area contributed by atoms with Crippen molar-refractivity contribution in [3.63, 3.8) is 0 Å². The molecule has 5 nitrogen and oxygen atoms in total. The molecule has 2 aromatic carbocycles. The van der Waals surface area contributed by atoms with Crippen LogP contribution in [0.3, 0.4) is 0 Å². The maximum atomic E-state index is 12.3. The molecule has 1 amide bonds. The quantitative estimate of drug-likeness (QED) is 0.702. The van der Waals surface area contributed by atoms with E-state index in [1.54, 1.807) is 11.9 Å². The fourth-order valence-corrected chi connectivity index (χ4v) is 4.16. The summed E-state index contributed by atoms with van der Waals surface area (Å²) in [5.41, 5.74) is 4.24. The molecule has 3 aromatic rings. The van der Waals surface area contributed by atoms with E-state index in [0.29, 0.717) is 18.0 Å². The number of nitrogens with zero attached hydrogens (tertiary/aromatic N) is 3. The van der Waals surface area contributed by atoms with Gasteiger partial charge in [0.05, 0.1) is 12.1 Å². The molecule has 1 aliphatic rings. The van der Waals surface area contributed by atoms with Gasteiger partial charge in [0.15, 0.2) is 0 Å². The Balaban J connectivity index is 1.41. The van der Waals surface area contributed by atoms with Crippen molar-refractivity contribution in [3.05, 3.63) is 71.9 Å². The van der Waals surface area contributed by atoms with Crippen molar-refractivity contribution in [2.24, 2.45) is 5.92 Å². The van der Waals surface area contributed by atoms with E-state index in [9.17, 15) is 4.79 Å². The van der Waals surface area contributed by atoms with Gasteiger partial charge in [0.25, 0.3) is 5.91 Å². The molecule has 0 spiro atoms. The largest absolute Gasteiger partial charge is 0.395 e. The van der Waals surface area contributed by atoms with Gasteiger partial charge in [-0.25, -0.2) is 0 Å². The van der Waals surface area contributed by atoms with Crippen molar-refractivity contribution >= 4 is 22.5 Å². The molecular weight excluding hydrogens is 362 g/mol. The molecule has 4 rings (SSSR count). The van der Waals surface area contributed by atoms with Gasteiger partial charge in [-0.3, -0.25) is 9.78 Å². The first-order chi connectivity index (χ1) is 14.2. The first-order valence-electron chi connectivity index (χ1n) is 10.2. The van der Waals surface area contributed by atoms with Crippen LogP contribution in [-0.2, 0) is 6.42 Å². The molecule has 0 radical (unpaired) electrons. The molecule has 2 heterocycles. The first kappa shape index (κ1) is 19.4. The second kappa shape index (κ2) is 8.62. The van der Waals surface area contributed by atoms with Gasteiger partial charge in [-0.05, 0) is 48.6 Å². The number of rotatable bonds is 6. The highest BCUT2D eigenvalue weighted by Crippen LogP contribution is 2.31. The zero-order valence-corrected chi connectivity index (χ0v) is 16.8. The van der Waals surface area contributed by atoms with Gasteiger partial charge >= 0.3 is 0 Å². The number of benzene rings is 2. The Morgan fingerprint density at radius 2 is 1.97 bits per heavy atom. The molecule has 29 heavy (non-hydrogen) atoms. The summed E-state index contributed by atoms with van der Waals surface area (Å²) in [6.45, 7) is 2.42. The van der Waals surface area contributed by atoms with Crippen LogP contribution in [0.5, 0.6) is 0 Å². The topological polar surface area (TPSA) is 56.7 Å². The number of aliphatic hydroxyl groups excluding tert-OH is 1. The van der Waals surface area contributed by atoms with Gasteiger partial charge in [-0.15, -0.1) is 0 Å². The molecule has 1 unspecified atom stereocenters. The van der Waals surface area contributed by atoms with Crippen LogP contribution in [0.2, 0.25) is 0 Å². The highest BCUT2D eigenvalue weighted by atomic mass is 16.3. The first-order valence-corrected chi connectivity index (χ1v) is 10.2. The number of likely N-dealkylation sites (N-methyl/N-ethyl adjacent to an activating group) is 1. The number of para-hydroxylation sites is 1. The highest BCUT2D eigenvalue weighted by Gasteiger charge is 2.24. The third-order valence-electron chi connectivity index (χ3n) is 5.76. The minimum atomic E-state index is -0.0535. The van der Waals surface area contributed by atoms with E-state index in [1.807, 2.05) is 24.4 Å². The summed E-state index contributed by atoms with van der Waals surface area (Å²) in [6.07, 6.45) is 4.07. The number of anilines is 1. The van der Waals surface area contributed by atoms with E-state index < -0.39 is 0 Å². The number of amides is 1. The molecular formula is C24H27N3O2. The Hall–Kier alpha value is -2.92. The summed E-state index contributed by atoms with van der Waals surface area (Å²) in [4.78, 5) is 20.8. The summed E-state index contributed by atoms with van der Waals surface area (Å²) in [7, 11) is 1.71. The van der Waals surface area contributed by atoms with Gasteiger partial charge in [0.1, 0.15) is 0 Å². The number of aliphatic hydroxyl groups is 1. The van der Waals surface area contributed by atoms with E-state index in [4.69, 9.17) is 5.11 Å². The van der Waals surface area contributed by atoms with Crippen LogP contribution in [0, 0.1) is 5.92 Å². The predicted octanol–water partition coefficient (Wildman–Crippen LogP) is 3.37. The van der Waals surface area contributed by atoms with E-state index in [1.165, 1.54) is 16.6 Å². The number of hydrogen-bond donors (Lipinski definition) is 1. The summed E-state index contributed by atoms with van der Waals surface area (Å²) in [5.74, 6) is 0.544. The van der Waals surface area contributed by atoms with E-state index in [0.717, 1.165) is 31.4 Å². The second-order valence-corrected chi connectivity index (χ2v) is 7.80. The van der Waals surface area contributed by atoms with Gasteiger partial charge in [-0.2, -0.15) is 0 Å². The number of carbonyl (C=O) groups is 1. The molecule has 1 fully saturated rings. The smallest absolute Gasteiger partial charge is 0.253 e. The Labute approximate surface area is 171 Å². The van der Waals surface area contributed by atoms with Crippen LogP contribution in [0.15, 0.2) is 60.8 Å². The second-order valence-electron chi connectivity index (χ2n) is 7.80. The third-order valence-corrected chi connectivity index (χ3v) is 5.76. The molecule has 1 atom stereocenters. The van der Waals surface area contributed by atoms with Crippen molar-refractivity contribution in [1.82, 2.24) is 9.88 Å². The molecule has 1 aliphatic heterocycles. The normalized spacial score (nSPS) is 16.3. The van der Waals surface area contributed by atoms with Crippen molar-refractivity contribution in [2.75, 3.05) is 38.2 Å². The summed E-state index contributed by atoms with van der Waals surface area (Å²) in [5, 5.41) is 10.2. The Morgan fingerprint density at radius 1 is 1.17 bits per heavy atom. The van der Waals surface area contributed by atoms with E-state index in [-0.39, 0.29) is 12.5 Å². The minimum Gasteiger partial charge on any atom is -0.395 e. The molecule has 0 bridgehead atoms. The number of carbonyl (C=O) groups excluding carboxylic acids is 1. The summed E-state index contributed by atoms with van der Waals surface area (Å²) >= 11 is 0. The van der Waals surface area contributed by atoms with E-state index >= 15 is 0 Å². The lowest BCUT2D eigenvalue weighted by Crippen LogP contribution is -2.29. The molecule has 1 aromatic heterocycles. The van der Waals surface area contributed by atoms with Crippen molar-refractivity contribution in [2.45, 2.75) is 12.8 Å². The monoisotopic (exact) mass is 389 g/mol. The lowest BCUT2D eigenvalue weighted by molar-refractivity contribution is 0.0767. The SMILES string of the molecule is CN(CCO)C(=O)c1ccc(CC2CCN(c3ccnc4ccccc34)C2)cc1. The van der Waals surface area contributed by atoms with Gasteiger partial charge in [0.2, 0.25) is 0 Å². The average molecular weight is 389 g/mol. The van der Waals surface area contributed by atoms with Gasteiger partial charge in [0, 0.05) is 49.5 Å². The standard InChI is InChI=1S/C24H27N3O2/c1-26(14-15-28)24(29)20-8-6-18(7-9-20)16-19-11-13-27(17-19)23-10-12-25-22-5-3-2-4-21(22)23/h2-10,12,19,28H,11,13-17H2,1H3.